The van der Waals surface area contributed by atoms with Gasteiger partial charge in [-0.3, -0.25) is 0 Å². The van der Waals surface area contributed by atoms with Gasteiger partial charge in [0.15, 0.2) is 0 Å². The predicted octanol–water partition coefficient (Wildman–Crippen LogP) is 1.83. The summed E-state index contributed by atoms with van der Waals surface area (Å²) in [4.78, 5) is 0. The van der Waals surface area contributed by atoms with Crippen LogP contribution in [0.3, 0.4) is 0 Å². The second-order valence-electron chi connectivity index (χ2n) is 4.76. The van der Waals surface area contributed by atoms with Crippen molar-refractivity contribution in [2.45, 2.75) is 32.4 Å². The van der Waals surface area contributed by atoms with Crippen LogP contribution in [0.1, 0.15) is 20.3 Å². The highest BCUT2D eigenvalue weighted by atomic mass is 16.5. The van der Waals surface area contributed by atoms with E-state index in [9.17, 15) is 5.11 Å². The van der Waals surface area contributed by atoms with Gasteiger partial charge >= 0.3 is 0 Å². The summed E-state index contributed by atoms with van der Waals surface area (Å²) in [5, 5.41) is 12.5. The van der Waals surface area contributed by atoms with Gasteiger partial charge in [0.1, 0.15) is 12.4 Å². The Bertz CT molecular complexity index is 316. The van der Waals surface area contributed by atoms with E-state index in [1.807, 2.05) is 30.3 Å². The fourth-order valence-corrected chi connectivity index (χ4v) is 1.76. The molecule has 1 atom stereocenters. The molecular weight excluding hydrogens is 242 g/mol. The molecule has 0 aliphatic heterocycles. The third-order valence-corrected chi connectivity index (χ3v) is 2.64. The molecule has 0 saturated carbocycles. The highest BCUT2D eigenvalue weighted by Crippen LogP contribution is 2.07. The summed E-state index contributed by atoms with van der Waals surface area (Å²) < 4.78 is 11.0. The Labute approximate surface area is 115 Å². The van der Waals surface area contributed by atoms with Gasteiger partial charge in [-0.2, -0.15) is 0 Å². The van der Waals surface area contributed by atoms with E-state index < -0.39 is 0 Å². The molecule has 0 aliphatic carbocycles. The Hall–Kier alpha value is -1.10. The summed E-state index contributed by atoms with van der Waals surface area (Å²) in [6.45, 7) is 6.01. The Morgan fingerprint density at radius 3 is 2.47 bits per heavy atom. The van der Waals surface area contributed by atoms with Crippen LogP contribution < -0.4 is 10.1 Å². The molecular formula is C15H25NO3. The van der Waals surface area contributed by atoms with Crippen LogP contribution in [0.2, 0.25) is 0 Å². The van der Waals surface area contributed by atoms with Crippen LogP contribution in [-0.4, -0.2) is 43.6 Å². The van der Waals surface area contributed by atoms with Gasteiger partial charge in [0.2, 0.25) is 0 Å². The summed E-state index contributed by atoms with van der Waals surface area (Å²) in [6.07, 6.45) is 0.806. The molecule has 1 unspecified atom stereocenters. The molecule has 0 bridgehead atoms. The lowest BCUT2D eigenvalue weighted by Crippen LogP contribution is -2.38. The lowest BCUT2D eigenvalue weighted by atomic mass is 10.2. The van der Waals surface area contributed by atoms with Crippen LogP contribution in [0.4, 0.5) is 0 Å². The topological polar surface area (TPSA) is 50.7 Å². The minimum absolute atomic E-state index is 0.107. The fourth-order valence-electron chi connectivity index (χ4n) is 1.76. The molecule has 0 heterocycles. The first-order chi connectivity index (χ1) is 9.22. The fraction of sp³-hybridized carbons (Fsp3) is 0.600. The normalized spacial score (nSPS) is 12.6. The second kappa shape index (κ2) is 9.78. The van der Waals surface area contributed by atoms with Gasteiger partial charge in [-0.25, -0.2) is 0 Å². The van der Waals surface area contributed by atoms with Crippen molar-refractivity contribution in [3.05, 3.63) is 30.3 Å². The van der Waals surface area contributed by atoms with E-state index in [4.69, 9.17) is 9.47 Å². The highest BCUT2D eigenvalue weighted by molar-refractivity contribution is 5.20. The van der Waals surface area contributed by atoms with Crippen LogP contribution in [0.15, 0.2) is 30.3 Å². The number of para-hydroxylation sites is 1. The van der Waals surface area contributed by atoms with Crippen LogP contribution in [0.5, 0.6) is 5.75 Å². The van der Waals surface area contributed by atoms with E-state index in [0.29, 0.717) is 25.9 Å². The van der Waals surface area contributed by atoms with E-state index in [1.165, 1.54) is 0 Å². The van der Waals surface area contributed by atoms with E-state index >= 15 is 0 Å². The zero-order valence-corrected chi connectivity index (χ0v) is 11.8. The Morgan fingerprint density at radius 2 is 1.84 bits per heavy atom. The van der Waals surface area contributed by atoms with Gasteiger partial charge in [0, 0.05) is 18.7 Å². The number of rotatable bonds is 10. The van der Waals surface area contributed by atoms with Gasteiger partial charge in [-0.1, -0.05) is 32.0 Å². The maximum atomic E-state index is 9.18. The van der Waals surface area contributed by atoms with Crippen molar-refractivity contribution in [2.75, 3.05) is 26.4 Å². The maximum absolute atomic E-state index is 9.18. The first kappa shape index (κ1) is 16.0. The predicted molar refractivity (Wildman–Crippen MR) is 76.5 cm³/mol. The summed E-state index contributed by atoms with van der Waals surface area (Å²) in [5.74, 6) is 0.862. The number of benzene rings is 1. The number of hydrogen-bond acceptors (Lipinski definition) is 4. The minimum atomic E-state index is 0.107. The van der Waals surface area contributed by atoms with Crippen molar-refractivity contribution >= 4 is 0 Å². The number of nitrogens with one attached hydrogen (secondary N) is 1. The van der Waals surface area contributed by atoms with E-state index in [1.54, 1.807) is 0 Å². The average Bonchev–Trinajstić information content (AvgIpc) is 2.42. The molecule has 1 aromatic rings. The third kappa shape index (κ3) is 7.82. The van der Waals surface area contributed by atoms with Crippen molar-refractivity contribution in [1.82, 2.24) is 5.32 Å². The number of aliphatic hydroxyl groups excluding tert-OH is 1. The van der Waals surface area contributed by atoms with Crippen molar-refractivity contribution in [3.63, 3.8) is 0 Å². The van der Waals surface area contributed by atoms with Gasteiger partial charge in [-0.05, 0) is 18.6 Å². The summed E-state index contributed by atoms with van der Waals surface area (Å²) >= 11 is 0. The van der Waals surface area contributed by atoms with Crippen LogP contribution in [0.25, 0.3) is 0 Å². The molecule has 0 radical (unpaired) electrons. The highest BCUT2D eigenvalue weighted by Gasteiger charge is 2.07. The molecule has 0 aliphatic rings. The maximum Gasteiger partial charge on any atom is 0.119 e. The molecule has 108 valence electrons. The molecule has 0 fully saturated rings. The monoisotopic (exact) mass is 267 g/mol. The van der Waals surface area contributed by atoms with Gasteiger partial charge in [0.05, 0.1) is 13.2 Å². The third-order valence-electron chi connectivity index (χ3n) is 2.64. The van der Waals surface area contributed by atoms with Crippen molar-refractivity contribution in [3.8, 4) is 5.75 Å². The zero-order chi connectivity index (χ0) is 13.9. The molecule has 0 spiro atoms. The molecule has 0 saturated heterocycles. The molecule has 1 aromatic carbocycles. The average molecular weight is 267 g/mol. The summed E-state index contributed by atoms with van der Waals surface area (Å²) in [7, 11) is 0. The van der Waals surface area contributed by atoms with Gasteiger partial charge < -0.3 is 19.9 Å². The SMILES string of the molecule is CC(C)NC(CO)CCOCCOc1ccccc1. The van der Waals surface area contributed by atoms with E-state index in [0.717, 1.165) is 12.2 Å². The lowest BCUT2D eigenvalue weighted by Gasteiger charge is -2.18. The van der Waals surface area contributed by atoms with E-state index in [2.05, 4.69) is 19.2 Å². The number of ether oxygens (including phenoxy) is 2. The Morgan fingerprint density at radius 1 is 1.11 bits per heavy atom. The summed E-state index contributed by atoms with van der Waals surface area (Å²) in [5.41, 5.74) is 0. The Kier molecular flexibility index (Phi) is 8.21. The molecule has 4 heteroatoms. The standard InChI is InChI=1S/C15H25NO3/c1-13(2)16-14(12-17)8-9-18-10-11-19-15-6-4-3-5-7-15/h3-7,13-14,16-17H,8-12H2,1-2H3. The molecule has 4 nitrogen and oxygen atoms in total. The smallest absolute Gasteiger partial charge is 0.119 e. The van der Waals surface area contributed by atoms with Crippen molar-refractivity contribution in [2.24, 2.45) is 0 Å². The lowest BCUT2D eigenvalue weighted by molar-refractivity contribution is 0.0862. The summed E-state index contributed by atoms with van der Waals surface area (Å²) in [6, 6.07) is 10.2. The quantitative estimate of drug-likeness (QED) is 0.635. The molecule has 1 rings (SSSR count). The zero-order valence-electron chi connectivity index (χ0n) is 11.8. The first-order valence-electron chi connectivity index (χ1n) is 6.85. The Balaban J connectivity index is 2.01. The van der Waals surface area contributed by atoms with Crippen LogP contribution >= 0.6 is 0 Å². The van der Waals surface area contributed by atoms with Crippen molar-refractivity contribution < 1.29 is 14.6 Å². The number of aliphatic hydroxyl groups is 1. The van der Waals surface area contributed by atoms with Crippen LogP contribution in [-0.2, 0) is 4.74 Å². The molecule has 19 heavy (non-hydrogen) atoms. The largest absolute Gasteiger partial charge is 0.491 e. The minimum Gasteiger partial charge on any atom is -0.491 e. The molecule has 0 amide bonds. The van der Waals surface area contributed by atoms with Gasteiger partial charge in [0.25, 0.3) is 0 Å². The van der Waals surface area contributed by atoms with Crippen molar-refractivity contribution in [1.29, 1.82) is 0 Å². The number of hydrogen-bond donors (Lipinski definition) is 2. The molecule has 2 N–H and O–H groups in total. The van der Waals surface area contributed by atoms with Gasteiger partial charge in [-0.15, -0.1) is 0 Å². The molecule has 0 aromatic heterocycles. The second-order valence-corrected chi connectivity index (χ2v) is 4.76. The van der Waals surface area contributed by atoms with Crippen LogP contribution in [0, 0.1) is 0 Å². The van der Waals surface area contributed by atoms with E-state index in [-0.39, 0.29) is 12.6 Å². The first-order valence-corrected chi connectivity index (χ1v) is 6.85.